The third-order valence-corrected chi connectivity index (χ3v) is 4.51. The molecule has 1 amide bonds. The highest BCUT2D eigenvalue weighted by Gasteiger charge is 2.30. The lowest BCUT2D eigenvalue weighted by Gasteiger charge is -2.35. The fourth-order valence-corrected chi connectivity index (χ4v) is 3.18. The Balaban J connectivity index is 1.59. The van der Waals surface area contributed by atoms with Crippen LogP contribution >= 0.6 is 0 Å². The molecule has 3 aromatic rings. The number of aromatic nitrogens is 3. The Hall–Kier alpha value is -2.93. The number of piperazine rings is 1. The van der Waals surface area contributed by atoms with Gasteiger partial charge >= 0.3 is 0 Å². The third kappa shape index (κ3) is 2.94. The van der Waals surface area contributed by atoms with Crippen LogP contribution < -0.4 is 5.32 Å². The van der Waals surface area contributed by atoms with Crippen molar-refractivity contribution in [2.75, 3.05) is 19.6 Å². The van der Waals surface area contributed by atoms with Gasteiger partial charge in [0, 0.05) is 50.2 Å². The van der Waals surface area contributed by atoms with Crippen molar-refractivity contribution in [3.05, 3.63) is 60.6 Å². The number of carbonyl (C=O) groups is 1. The predicted molar refractivity (Wildman–Crippen MR) is 91.8 cm³/mol. The van der Waals surface area contributed by atoms with Crippen LogP contribution in [0.25, 0.3) is 11.3 Å². The molecule has 0 bridgehead atoms. The molecule has 2 aromatic heterocycles. The zero-order valence-corrected chi connectivity index (χ0v) is 13.9. The Morgan fingerprint density at radius 1 is 1.32 bits per heavy atom. The van der Waals surface area contributed by atoms with Gasteiger partial charge < -0.3 is 19.2 Å². The number of carbonyl (C=O) groups excluding carboxylic acids is 1. The average Bonchev–Trinajstić information content (AvgIpc) is 3.33. The monoisotopic (exact) mass is 337 g/mol. The number of aryl methyl sites for hydroxylation is 1. The molecule has 0 aliphatic carbocycles. The third-order valence-electron chi connectivity index (χ3n) is 4.51. The van der Waals surface area contributed by atoms with E-state index in [1.54, 1.807) is 12.4 Å². The summed E-state index contributed by atoms with van der Waals surface area (Å²) < 4.78 is 7.25. The van der Waals surface area contributed by atoms with E-state index in [9.17, 15) is 4.79 Å². The number of oxazole rings is 1. The molecule has 1 unspecified atom stereocenters. The molecule has 25 heavy (non-hydrogen) atoms. The molecule has 4 rings (SSSR count). The van der Waals surface area contributed by atoms with Gasteiger partial charge in [0.05, 0.1) is 6.20 Å². The highest BCUT2D eigenvalue weighted by Crippen LogP contribution is 2.24. The van der Waals surface area contributed by atoms with E-state index in [2.05, 4.69) is 15.3 Å². The highest BCUT2D eigenvalue weighted by molar-refractivity contribution is 5.95. The Kier molecular flexibility index (Phi) is 4.07. The van der Waals surface area contributed by atoms with Crippen molar-refractivity contribution in [1.82, 2.24) is 24.8 Å². The number of hydrogen-bond acceptors (Lipinski definition) is 5. The number of amides is 1. The molecule has 128 valence electrons. The summed E-state index contributed by atoms with van der Waals surface area (Å²) >= 11 is 0. The summed E-state index contributed by atoms with van der Waals surface area (Å²) in [5, 5.41) is 3.35. The van der Waals surface area contributed by atoms with Crippen LogP contribution in [-0.2, 0) is 7.05 Å². The van der Waals surface area contributed by atoms with Crippen LogP contribution in [0.15, 0.2) is 53.7 Å². The topological polar surface area (TPSA) is 76.2 Å². The van der Waals surface area contributed by atoms with Crippen molar-refractivity contribution in [3.63, 3.8) is 0 Å². The standard InChI is InChI=1S/C18H19N5O2/c1-22-8-7-21-17(22)15-10-19-6-9-23(15)18(24)14-4-2-13(3-5-14)16-11-20-12-25-16/h2-5,7-8,11-12,15,19H,6,9-10H2,1H3. The fraction of sp³-hybridized carbons (Fsp3) is 0.278. The minimum absolute atomic E-state index is 0.0126. The summed E-state index contributed by atoms with van der Waals surface area (Å²) in [5.74, 6) is 1.59. The van der Waals surface area contributed by atoms with Crippen LogP contribution in [-0.4, -0.2) is 45.0 Å². The molecule has 0 saturated carbocycles. The largest absolute Gasteiger partial charge is 0.444 e. The van der Waals surface area contributed by atoms with Crippen LogP contribution in [0, 0.1) is 0 Å². The SMILES string of the molecule is Cn1ccnc1C1CNCCN1C(=O)c1ccc(-c2cnco2)cc1. The van der Waals surface area contributed by atoms with Gasteiger partial charge in [-0.25, -0.2) is 9.97 Å². The average molecular weight is 337 g/mol. The molecule has 7 heteroatoms. The summed E-state index contributed by atoms with van der Waals surface area (Å²) in [5.41, 5.74) is 1.55. The van der Waals surface area contributed by atoms with Crippen LogP contribution in [0.5, 0.6) is 0 Å². The van der Waals surface area contributed by atoms with Crippen molar-refractivity contribution >= 4 is 5.91 Å². The number of rotatable bonds is 3. The van der Waals surface area contributed by atoms with Gasteiger partial charge in [-0.2, -0.15) is 0 Å². The lowest BCUT2D eigenvalue weighted by molar-refractivity contribution is 0.0621. The summed E-state index contributed by atoms with van der Waals surface area (Å²) in [7, 11) is 1.95. The van der Waals surface area contributed by atoms with Gasteiger partial charge in [0.25, 0.3) is 5.91 Å². The molecule has 1 atom stereocenters. The van der Waals surface area contributed by atoms with E-state index >= 15 is 0 Å². The summed E-state index contributed by atoms with van der Waals surface area (Å²) in [6, 6.07) is 7.35. The van der Waals surface area contributed by atoms with Crippen molar-refractivity contribution in [3.8, 4) is 11.3 Å². The van der Waals surface area contributed by atoms with Crippen molar-refractivity contribution in [2.24, 2.45) is 7.05 Å². The van der Waals surface area contributed by atoms with Crippen LogP contribution in [0.2, 0.25) is 0 Å². The fourth-order valence-electron chi connectivity index (χ4n) is 3.18. The van der Waals surface area contributed by atoms with E-state index in [0.29, 0.717) is 24.4 Å². The molecule has 3 heterocycles. The second-order valence-electron chi connectivity index (χ2n) is 6.06. The maximum Gasteiger partial charge on any atom is 0.254 e. The molecule has 1 aromatic carbocycles. The first kappa shape index (κ1) is 15.6. The second-order valence-corrected chi connectivity index (χ2v) is 6.06. The minimum Gasteiger partial charge on any atom is -0.444 e. The normalized spacial score (nSPS) is 17.6. The van der Waals surface area contributed by atoms with Crippen LogP contribution in [0.4, 0.5) is 0 Å². The Labute approximate surface area is 145 Å². The maximum atomic E-state index is 13.0. The van der Waals surface area contributed by atoms with Gasteiger partial charge in [-0.3, -0.25) is 4.79 Å². The van der Waals surface area contributed by atoms with Gasteiger partial charge in [-0.05, 0) is 12.1 Å². The zero-order valence-electron chi connectivity index (χ0n) is 13.9. The molecule has 1 aliphatic rings. The van der Waals surface area contributed by atoms with Crippen LogP contribution in [0.1, 0.15) is 22.2 Å². The number of hydrogen-bond donors (Lipinski definition) is 1. The molecule has 7 nitrogen and oxygen atoms in total. The van der Waals surface area contributed by atoms with Crippen molar-refractivity contribution in [2.45, 2.75) is 6.04 Å². The maximum absolute atomic E-state index is 13.0. The van der Waals surface area contributed by atoms with Gasteiger partial charge in [0.2, 0.25) is 0 Å². The molecule has 0 spiro atoms. The van der Waals surface area contributed by atoms with E-state index in [1.165, 1.54) is 6.39 Å². The highest BCUT2D eigenvalue weighted by atomic mass is 16.3. The van der Waals surface area contributed by atoms with E-state index < -0.39 is 0 Å². The van der Waals surface area contributed by atoms with E-state index in [1.807, 2.05) is 47.0 Å². The van der Waals surface area contributed by atoms with Gasteiger partial charge in [-0.15, -0.1) is 0 Å². The first-order chi connectivity index (χ1) is 12.2. The molecule has 1 saturated heterocycles. The number of imidazole rings is 1. The molecule has 1 N–H and O–H groups in total. The lowest BCUT2D eigenvalue weighted by Crippen LogP contribution is -2.49. The summed E-state index contributed by atoms with van der Waals surface area (Å²) in [4.78, 5) is 23.3. The Morgan fingerprint density at radius 2 is 2.16 bits per heavy atom. The first-order valence-corrected chi connectivity index (χ1v) is 8.22. The van der Waals surface area contributed by atoms with E-state index in [4.69, 9.17) is 4.42 Å². The molecule has 0 radical (unpaired) electrons. The number of nitrogens with one attached hydrogen (secondary N) is 1. The minimum atomic E-state index is -0.0739. The van der Waals surface area contributed by atoms with Crippen molar-refractivity contribution in [1.29, 1.82) is 0 Å². The van der Waals surface area contributed by atoms with Gasteiger partial charge in [0.1, 0.15) is 11.9 Å². The Morgan fingerprint density at radius 3 is 2.84 bits per heavy atom. The number of benzene rings is 1. The Bertz CT molecular complexity index is 854. The zero-order chi connectivity index (χ0) is 17.2. The molecular formula is C18H19N5O2. The predicted octanol–water partition coefficient (Wildman–Crippen LogP) is 1.86. The number of nitrogens with zero attached hydrogens (tertiary/aromatic N) is 4. The van der Waals surface area contributed by atoms with Crippen molar-refractivity contribution < 1.29 is 9.21 Å². The quantitative estimate of drug-likeness (QED) is 0.789. The molecular weight excluding hydrogens is 318 g/mol. The summed E-state index contributed by atoms with van der Waals surface area (Å²) in [6.07, 6.45) is 6.72. The van der Waals surface area contributed by atoms with E-state index in [-0.39, 0.29) is 11.9 Å². The van der Waals surface area contributed by atoms with Gasteiger partial charge in [0.15, 0.2) is 12.2 Å². The van der Waals surface area contributed by atoms with Crippen LogP contribution in [0.3, 0.4) is 0 Å². The smallest absolute Gasteiger partial charge is 0.254 e. The van der Waals surface area contributed by atoms with Gasteiger partial charge in [-0.1, -0.05) is 12.1 Å². The molecule has 1 fully saturated rings. The molecule has 1 aliphatic heterocycles. The first-order valence-electron chi connectivity index (χ1n) is 8.22. The van der Waals surface area contributed by atoms with E-state index in [0.717, 1.165) is 17.9 Å². The second kappa shape index (κ2) is 6.52. The lowest BCUT2D eigenvalue weighted by atomic mass is 10.1. The summed E-state index contributed by atoms with van der Waals surface area (Å²) in [6.45, 7) is 2.13.